The largest absolute Gasteiger partial charge is 0.445 e. The molecule has 0 bridgehead atoms. The van der Waals surface area contributed by atoms with Crippen LogP contribution in [0.4, 0.5) is 4.79 Å². The van der Waals surface area contributed by atoms with Crippen molar-refractivity contribution in [3.05, 3.63) is 35.9 Å². The van der Waals surface area contributed by atoms with E-state index < -0.39 is 6.09 Å². The van der Waals surface area contributed by atoms with Crippen LogP contribution in [0, 0.1) is 0 Å². The van der Waals surface area contributed by atoms with Gasteiger partial charge in [-0.25, -0.2) is 4.79 Å². The van der Waals surface area contributed by atoms with E-state index in [1.54, 1.807) is 0 Å². The lowest BCUT2D eigenvalue weighted by molar-refractivity contribution is -0.0204. The Labute approximate surface area is 304 Å². The van der Waals surface area contributed by atoms with E-state index in [1.807, 2.05) is 30.3 Å². The number of hydrogen-bond donors (Lipinski definition) is 1. The molecule has 0 heterocycles. The Morgan fingerprint density at radius 1 is 0.440 bits per heavy atom. The van der Waals surface area contributed by atoms with Crippen molar-refractivity contribution in [2.24, 2.45) is 0 Å². The van der Waals surface area contributed by atoms with Crippen LogP contribution in [0.5, 0.6) is 0 Å². The first kappa shape index (κ1) is 46.2. The maximum Gasteiger partial charge on any atom is 0.407 e. The van der Waals surface area contributed by atoms with E-state index in [9.17, 15) is 4.79 Å². The number of alkyl carbamates (subject to hydrolysis) is 1. The zero-order valence-electron chi connectivity index (χ0n) is 31.7. The Hall–Kier alpha value is -1.79. The summed E-state index contributed by atoms with van der Waals surface area (Å²) in [5.41, 5.74) is 0.946. The monoisotopic (exact) mass is 712 g/mol. The van der Waals surface area contributed by atoms with Gasteiger partial charge in [-0.15, -0.1) is 0 Å². The van der Waals surface area contributed by atoms with Crippen LogP contribution in [0.1, 0.15) is 115 Å². The van der Waals surface area contributed by atoms with Gasteiger partial charge >= 0.3 is 6.09 Å². The molecule has 1 N–H and O–H groups in total. The zero-order chi connectivity index (χ0) is 35.7. The first-order chi connectivity index (χ1) is 24.8. The first-order valence-electron chi connectivity index (χ1n) is 19.8. The van der Waals surface area contributed by atoms with Gasteiger partial charge in [-0.05, 0) is 12.0 Å². The molecular formula is C40H73NO9. The third-order valence-corrected chi connectivity index (χ3v) is 8.10. The second-order valence-corrected chi connectivity index (χ2v) is 12.6. The molecule has 0 saturated heterocycles. The predicted octanol–water partition coefficient (Wildman–Crippen LogP) is 8.29. The highest BCUT2D eigenvalue weighted by molar-refractivity contribution is 5.67. The summed E-state index contributed by atoms with van der Waals surface area (Å²) in [7, 11) is 0. The summed E-state index contributed by atoms with van der Waals surface area (Å²) < 4.78 is 43.8. The number of nitrogens with one attached hydrogen (secondary N) is 1. The number of benzene rings is 1. The summed E-state index contributed by atoms with van der Waals surface area (Å²) in [6.07, 6.45) is 21.7. The summed E-state index contributed by atoms with van der Waals surface area (Å²) in [4.78, 5) is 11.7. The van der Waals surface area contributed by atoms with Crippen LogP contribution in [0.3, 0.4) is 0 Å². The van der Waals surface area contributed by atoms with E-state index >= 15 is 0 Å². The highest BCUT2D eigenvalue weighted by Gasteiger charge is 2.02. The Kier molecular flexibility index (Phi) is 37.0. The van der Waals surface area contributed by atoms with Crippen molar-refractivity contribution in [2.75, 3.05) is 99.0 Å². The van der Waals surface area contributed by atoms with Gasteiger partial charge in [0.05, 0.1) is 85.9 Å². The van der Waals surface area contributed by atoms with Gasteiger partial charge in [0.2, 0.25) is 0 Å². The second kappa shape index (κ2) is 40.0. The van der Waals surface area contributed by atoms with Crippen molar-refractivity contribution >= 4 is 6.09 Å². The molecule has 1 aromatic rings. The number of rotatable bonds is 40. The van der Waals surface area contributed by atoms with Gasteiger partial charge in [-0.1, -0.05) is 134 Å². The van der Waals surface area contributed by atoms with Crippen molar-refractivity contribution in [1.29, 1.82) is 0 Å². The number of ether oxygens (including phenoxy) is 8. The fourth-order valence-electron chi connectivity index (χ4n) is 5.17. The van der Waals surface area contributed by atoms with Gasteiger partial charge < -0.3 is 43.2 Å². The molecule has 0 atom stereocenters. The van der Waals surface area contributed by atoms with Crippen LogP contribution in [-0.4, -0.2) is 105 Å². The van der Waals surface area contributed by atoms with E-state index in [4.69, 9.17) is 37.9 Å². The van der Waals surface area contributed by atoms with Crippen molar-refractivity contribution in [3.63, 3.8) is 0 Å². The van der Waals surface area contributed by atoms with Gasteiger partial charge in [-0.2, -0.15) is 0 Å². The van der Waals surface area contributed by atoms with E-state index in [1.165, 1.54) is 96.3 Å². The third kappa shape index (κ3) is 36.0. The zero-order valence-corrected chi connectivity index (χ0v) is 31.7. The van der Waals surface area contributed by atoms with Gasteiger partial charge in [-0.3, -0.25) is 0 Å². The standard InChI is InChI=1S/C40H73NO9/c1-2-3-4-5-6-7-8-9-10-11-12-13-14-15-16-20-24-43-26-28-45-30-32-47-34-36-49-37-35-48-33-31-46-29-27-44-25-23-41-40(42)50-38-39-21-18-17-19-22-39/h17-19,21-22H,2-16,20,23-38H2,1H3,(H,41,42). The van der Waals surface area contributed by atoms with Crippen molar-refractivity contribution in [1.82, 2.24) is 5.32 Å². The average Bonchev–Trinajstić information content (AvgIpc) is 3.14. The molecule has 0 radical (unpaired) electrons. The lowest BCUT2D eigenvalue weighted by Crippen LogP contribution is -2.28. The lowest BCUT2D eigenvalue weighted by Gasteiger charge is -2.09. The molecule has 0 aliphatic carbocycles. The fraction of sp³-hybridized carbons (Fsp3) is 0.825. The quantitative estimate of drug-likeness (QED) is 0.0674. The van der Waals surface area contributed by atoms with Crippen LogP contribution < -0.4 is 5.32 Å². The maximum atomic E-state index is 11.7. The minimum atomic E-state index is -0.459. The molecule has 0 unspecified atom stereocenters. The molecule has 0 aliphatic heterocycles. The molecule has 10 nitrogen and oxygen atoms in total. The van der Waals surface area contributed by atoms with Crippen molar-refractivity contribution in [2.45, 2.75) is 116 Å². The highest BCUT2D eigenvalue weighted by atomic mass is 16.6. The molecule has 0 saturated carbocycles. The normalized spacial score (nSPS) is 11.3. The summed E-state index contributed by atoms with van der Waals surface area (Å²) in [5, 5.41) is 2.65. The van der Waals surface area contributed by atoms with Crippen LogP contribution in [0.25, 0.3) is 0 Å². The van der Waals surface area contributed by atoms with E-state index in [2.05, 4.69) is 12.2 Å². The minimum absolute atomic E-state index is 0.246. The summed E-state index contributed by atoms with van der Waals surface area (Å²) >= 11 is 0. The van der Waals surface area contributed by atoms with Gasteiger partial charge in [0, 0.05) is 13.2 Å². The summed E-state index contributed by atoms with van der Waals surface area (Å²) in [5.74, 6) is 0. The van der Waals surface area contributed by atoms with Crippen molar-refractivity contribution in [3.8, 4) is 0 Å². The lowest BCUT2D eigenvalue weighted by atomic mass is 10.0. The highest BCUT2D eigenvalue weighted by Crippen LogP contribution is 2.13. The number of carbonyl (C=O) groups excluding carboxylic acids is 1. The van der Waals surface area contributed by atoms with E-state index in [-0.39, 0.29) is 6.61 Å². The topological polar surface area (TPSA) is 103 Å². The van der Waals surface area contributed by atoms with E-state index in [0.717, 1.165) is 18.6 Å². The SMILES string of the molecule is CCCCCCCCCCCCCCCCCCOCCOCCOCCOCCOCCOCCOCCNC(=O)OCc1ccccc1. The number of hydrogen-bond acceptors (Lipinski definition) is 9. The van der Waals surface area contributed by atoms with Gasteiger partial charge in [0.15, 0.2) is 0 Å². The van der Waals surface area contributed by atoms with Crippen LogP contribution >= 0.6 is 0 Å². The van der Waals surface area contributed by atoms with Crippen LogP contribution in [0.2, 0.25) is 0 Å². The summed E-state index contributed by atoms with van der Waals surface area (Å²) in [6, 6.07) is 9.55. The van der Waals surface area contributed by atoms with Crippen LogP contribution in [0.15, 0.2) is 30.3 Å². The molecule has 0 aliphatic rings. The molecule has 1 aromatic carbocycles. The maximum absolute atomic E-state index is 11.7. The second-order valence-electron chi connectivity index (χ2n) is 12.6. The smallest absolute Gasteiger partial charge is 0.407 e. The fourth-order valence-corrected chi connectivity index (χ4v) is 5.17. The number of unbranched alkanes of at least 4 members (excludes halogenated alkanes) is 15. The Morgan fingerprint density at radius 2 is 0.780 bits per heavy atom. The average molecular weight is 712 g/mol. The predicted molar refractivity (Wildman–Crippen MR) is 200 cm³/mol. The summed E-state index contributed by atoms with van der Waals surface area (Å²) in [6.45, 7) is 10.5. The molecule has 292 valence electrons. The molecular weight excluding hydrogens is 638 g/mol. The van der Waals surface area contributed by atoms with Gasteiger partial charge in [0.25, 0.3) is 0 Å². The number of amides is 1. The Bertz CT molecular complexity index is 802. The van der Waals surface area contributed by atoms with Gasteiger partial charge in [0.1, 0.15) is 6.61 Å². The molecule has 1 rings (SSSR count). The molecule has 10 heteroatoms. The molecule has 0 fully saturated rings. The first-order valence-corrected chi connectivity index (χ1v) is 19.8. The third-order valence-electron chi connectivity index (χ3n) is 8.10. The van der Waals surface area contributed by atoms with Crippen molar-refractivity contribution < 1.29 is 42.7 Å². The molecule has 0 spiro atoms. The Morgan fingerprint density at radius 3 is 1.18 bits per heavy atom. The molecule has 0 aromatic heterocycles. The molecule has 50 heavy (non-hydrogen) atoms. The van der Waals surface area contributed by atoms with E-state index in [0.29, 0.717) is 92.4 Å². The minimum Gasteiger partial charge on any atom is -0.445 e. The Balaban J connectivity index is 1.63. The number of carbonyl (C=O) groups is 1. The van der Waals surface area contributed by atoms with Crippen LogP contribution in [-0.2, 0) is 44.5 Å². The molecule has 1 amide bonds.